The van der Waals surface area contributed by atoms with Crippen LogP contribution < -0.4 is 4.74 Å². The van der Waals surface area contributed by atoms with Crippen LogP contribution in [0, 0.1) is 20.8 Å². The number of hydrogen-bond donors (Lipinski definition) is 1. The van der Waals surface area contributed by atoms with Gasteiger partial charge in [0.05, 0.1) is 0 Å². The molecule has 152 valence electrons. The molecule has 0 aromatic heterocycles. The number of aryl methyl sites for hydroxylation is 2. The maximum atomic E-state index is 10.6. The summed E-state index contributed by atoms with van der Waals surface area (Å²) in [5.74, 6) is 0.923. The van der Waals surface area contributed by atoms with Crippen LogP contribution in [0.4, 0.5) is 0 Å². The summed E-state index contributed by atoms with van der Waals surface area (Å²) in [6, 6.07) is 15.1. The summed E-state index contributed by atoms with van der Waals surface area (Å²) in [4.78, 5) is 2.40. The van der Waals surface area contributed by atoms with Crippen molar-refractivity contribution in [3.8, 4) is 5.75 Å². The average Bonchev–Trinajstić information content (AvgIpc) is 2.88. The Morgan fingerprint density at radius 1 is 1.00 bits per heavy atom. The van der Waals surface area contributed by atoms with E-state index in [4.69, 9.17) is 4.74 Å². The lowest BCUT2D eigenvalue weighted by Crippen LogP contribution is -2.37. The van der Waals surface area contributed by atoms with Crippen LogP contribution in [0.3, 0.4) is 0 Å². The van der Waals surface area contributed by atoms with Gasteiger partial charge >= 0.3 is 0 Å². The molecule has 3 heteroatoms. The molecule has 0 amide bonds. The van der Waals surface area contributed by atoms with Crippen molar-refractivity contribution >= 4 is 0 Å². The van der Waals surface area contributed by atoms with Crippen molar-refractivity contribution in [2.24, 2.45) is 0 Å². The first-order valence-electron chi connectivity index (χ1n) is 10.5. The number of likely N-dealkylation sites (tertiary alicyclic amines) is 1. The molecule has 0 radical (unpaired) electrons. The van der Waals surface area contributed by atoms with Crippen molar-refractivity contribution in [1.82, 2.24) is 4.90 Å². The van der Waals surface area contributed by atoms with Gasteiger partial charge in [0.25, 0.3) is 0 Å². The third-order valence-electron chi connectivity index (χ3n) is 6.42. The molecule has 2 atom stereocenters. The quantitative estimate of drug-likeness (QED) is 0.780. The fourth-order valence-corrected chi connectivity index (χ4v) is 4.32. The van der Waals surface area contributed by atoms with Crippen molar-refractivity contribution in [3.05, 3.63) is 64.7 Å². The fraction of sp³-hybridized carbons (Fsp3) is 0.520. The van der Waals surface area contributed by atoms with Crippen LogP contribution in [0.1, 0.15) is 48.4 Å². The van der Waals surface area contributed by atoms with Gasteiger partial charge in [-0.3, -0.25) is 0 Å². The molecule has 2 aromatic rings. The standard InChI is InChI=1S/C25H35NO2/c1-19-11-12-20(2)24(21(19)3)28-18-23(27)17-26-15-8-13-25(4,14-16-26)22-9-6-5-7-10-22/h5-7,9-12,23,27H,8,13-18H2,1-4H3. The molecule has 1 heterocycles. The molecule has 1 aliphatic heterocycles. The van der Waals surface area contributed by atoms with Gasteiger partial charge in [-0.2, -0.15) is 0 Å². The molecular weight excluding hydrogens is 346 g/mol. The van der Waals surface area contributed by atoms with E-state index in [1.165, 1.54) is 23.1 Å². The Kier molecular flexibility index (Phi) is 6.79. The largest absolute Gasteiger partial charge is 0.490 e. The summed E-state index contributed by atoms with van der Waals surface area (Å²) < 4.78 is 6.02. The molecule has 1 saturated heterocycles. The van der Waals surface area contributed by atoms with Crippen molar-refractivity contribution in [1.29, 1.82) is 0 Å². The highest BCUT2D eigenvalue weighted by Crippen LogP contribution is 2.35. The Morgan fingerprint density at radius 3 is 2.46 bits per heavy atom. The van der Waals surface area contributed by atoms with Crippen LogP contribution >= 0.6 is 0 Å². The predicted octanol–water partition coefficient (Wildman–Crippen LogP) is 4.80. The molecule has 0 spiro atoms. The fourth-order valence-electron chi connectivity index (χ4n) is 4.32. The Labute approximate surface area is 170 Å². The van der Waals surface area contributed by atoms with Gasteiger partial charge in [0.1, 0.15) is 18.5 Å². The minimum atomic E-state index is -0.472. The van der Waals surface area contributed by atoms with E-state index in [-0.39, 0.29) is 5.41 Å². The predicted molar refractivity (Wildman–Crippen MR) is 116 cm³/mol. The highest BCUT2D eigenvalue weighted by molar-refractivity contribution is 5.44. The molecule has 1 N–H and O–H groups in total. The van der Waals surface area contributed by atoms with Crippen molar-refractivity contribution in [2.75, 3.05) is 26.2 Å². The maximum Gasteiger partial charge on any atom is 0.125 e. The van der Waals surface area contributed by atoms with Crippen molar-refractivity contribution in [3.63, 3.8) is 0 Å². The highest BCUT2D eigenvalue weighted by atomic mass is 16.5. The molecule has 3 nitrogen and oxygen atoms in total. The zero-order valence-corrected chi connectivity index (χ0v) is 17.9. The van der Waals surface area contributed by atoms with E-state index >= 15 is 0 Å². The third kappa shape index (κ3) is 4.95. The zero-order valence-electron chi connectivity index (χ0n) is 17.9. The Morgan fingerprint density at radius 2 is 1.71 bits per heavy atom. The average molecular weight is 382 g/mol. The molecule has 28 heavy (non-hydrogen) atoms. The summed E-state index contributed by atoms with van der Waals surface area (Å²) in [7, 11) is 0. The second kappa shape index (κ2) is 9.11. The van der Waals surface area contributed by atoms with E-state index in [9.17, 15) is 5.11 Å². The molecule has 0 aliphatic carbocycles. The van der Waals surface area contributed by atoms with E-state index in [1.807, 2.05) is 0 Å². The van der Waals surface area contributed by atoms with Crippen LogP contribution in [0.25, 0.3) is 0 Å². The first-order chi connectivity index (χ1) is 13.4. The van der Waals surface area contributed by atoms with Crippen LogP contribution in [0.2, 0.25) is 0 Å². The summed E-state index contributed by atoms with van der Waals surface area (Å²) in [6.45, 7) is 11.7. The van der Waals surface area contributed by atoms with Gasteiger partial charge < -0.3 is 14.7 Å². The number of benzene rings is 2. The Balaban J connectivity index is 1.54. The van der Waals surface area contributed by atoms with Gasteiger partial charge in [0, 0.05) is 6.54 Å². The normalized spacial score (nSPS) is 21.9. The Bertz CT molecular complexity index is 774. The zero-order chi connectivity index (χ0) is 20.1. The molecule has 0 saturated carbocycles. The third-order valence-corrected chi connectivity index (χ3v) is 6.42. The van der Waals surface area contributed by atoms with E-state index in [1.54, 1.807) is 0 Å². The van der Waals surface area contributed by atoms with E-state index < -0.39 is 6.10 Å². The number of rotatable bonds is 6. The van der Waals surface area contributed by atoms with Gasteiger partial charge in [-0.05, 0) is 80.8 Å². The van der Waals surface area contributed by atoms with Gasteiger partial charge in [0.2, 0.25) is 0 Å². The van der Waals surface area contributed by atoms with Gasteiger partial charge in [-0.25, -0.2) is 0 Å². The number of aliphatic hydroxyl groups excluding tert-OH is 1. The molecule has 3 rings (SSSR count). The summed E-state index contributed by atoms with van der Waals surface area (Å²) >= 11 is 0. The van der Waals surface area contributed by atoms with Gasteiger partial charge in [-0.1, -0.05) is 49.4 Å². The van der Waals surface area contributed by atoms with Gasteiger partial charge in [0.15, 0.2) is 0 Å². The SMILES string of the molecule is Cc1ccc(C)c(OCC(O)CN2CCCC(C)(c3ccccc3)CC2)c1C. The summed E-state index contributed by atoms with van der Waals surface area (Å²) in [5, 5.41) is 10.6. The van der Waals surface area contributed by atoms with Gasteiger partial charge in [-0.15, -0.1) is 0 Å². The van der Waals surface area contributed by atoms with Crippen LogP contribution in [0.5, 0.6) is 5.75 Å². The van der Waals surface area contributed by atoms with Crippen LogP contribution in [-0.4, -0.2) is 42.4 Å². The Hall–Kier alpha value is -1.84. The lowest BCUT2D eigenvalue weighted by atomic mass is 9.76. The minimum absolute atomic E-state index is 0.229. The first kappa shape index (κ1) is 20.9. The smallest absolute Gasteiger partial charge is 0.125 e. The number of aliphatic hydroxyl groups is 1. The number of β-amino-alcohol motifs (C(OH)–C–C–N with tert-alkyl or cyclic N) is 1. The topological polar surface area (TPSA) is 32.7 Å². The van der Waals surface area contributed by atoms with Crippen LogP contribution in [0.15, 0.2) is 42.5 Å². The van der Waals surface area contributed by atoms with Crippen molar-refractivity contribution < 1.29 is 9.84 Å². The first-order valence-corrected chi connectivity index (χ1v) is 10.5. The molecule has 2 aromatic carbocycles. The minimum Gasteiger partial charge on any atom is -0.490 e. The van der Waals surface area contributed by atoms with E-state index in [0.717, 1.165) is 37.2 Å². The van der Waals surface area contributed by atoms with E-state index in [2.05, 4.69) is 75.1 Å². The second-order valence-corrected chi connectivity index (χ2v) is 8.70. The molecule has 2 unspecified atom stereocenters. The lowest BCUT2D eigenvalue weighted by molar-refractivity contribution is 0.0683. The summed E-state index contributed by atoms with van der Waals surface area (Å²) in [5.41, 5.74) is 5.19. The van der Waals surface area contributed by atoms with Crippen molar-refractivity contribution in [2.45, 2.75) is 58.5 Å². The molecule has 1 aliphatic rings. The number of ether oxygens (including phenoxy) is 1. The molecular formula is C25H35NO2. The van der Waals surface area contributed by atoms with Crippen LogP contribution in [-0.2, 0) is 5.41 Å². The monoisotopic (exact) mass is 381 g/mol. The summed E-state index contributed by atoms with van der Waals surface area (Å²) in [6.07, 6.45) is 3.01. The van der Waals surface area contributed by atoms with E-state index in [0.29, 0.717) is 13.2 Å². The number of hydrogen-bond acceptors (Lipinski definition) is 3. The highest BCUT2D eigenvalue weighted by Gasteiger charge is 2.30. The second-order valence-electron chi connectivity index (χ2n) is 8.70. The maximum absolute atomic E-state index is 10.6. The molecule has 0 bridgehead atoms. The number of nitrogens with zero attached hydrogens (tertiary/aromatic N) is 1. The molecule has 1 fully saturated rings. The lowest BCUT2D eigenvalue weighted by Gasteiger charge is -2.29.